The number of likely N-dealkylation sites (tertiary alicyclic amines) is 2. The van der Waals surface area contributed by atoms with Gasteiger partial charge in [-0.2, -0.15) is 0 Å². The van der Waals surface area contributed by atoms with Crippen LogP contribution in [0.1, 0.15) is 59.3 Å². The van der Waals surface area contributed by atoms with Crippen LogP contribution in [0.25, 0.3) is 10.4 Å². The van der Waals surface area contributed by atoms with Crippen molar-refractivity contribution in [2.45, 2.75) is 83.0 Å². The first-order valence-corrected chi connectivity index (χ1v) is 15.5. The van der Waals surface area contributed by atoms with Crippen LogP contribution in [0.15, 0.2) is 42.5 Å². The number of nitrogens with one attached hydrogen (secondary N) is 2. The molecule has 1 aromatic heterocycles. The van der Waals surface area contributed by atoms with Gasteiger partial charge in [0.25, 0.3) is 0 Å². The third-order valence-corrected chi connectivity index (χ3v) is 9.39. The predicted octanol–water partition coefficient (Wildman–Crippen LogP) is 3.75. The lowest BCUT2D eigenvalue weighted by Crippen LogP contribution is -2.59. The third kappa shape index (κ3) is 6.06. The van der Waals surface area contributed by atoms with E-state index in [-0.39, 0.29) is 36.0 Å². The van der Waals surface area contributed by atoms with Crippen LogP contribution in [-0.2, 0) is 19.2 Å². The molecule has 10 nitrogen and oxygen atoms in total. The van der Waals surface area contributed by atoms with Crippen molar-refractivity contribution < 1.29 is 28.7 Å². The van der Waals surface area contributed by atoms with E-state index in [9.17, 15) is 24.0 Å². The minimum Gasteiger partial charge on any atom is -0.399 e. The van der Waals surface area contributed by atoms with Crippen molar-refractivity contribution in [1.29, 1.82) is 0 Å². The number of thiophene rings is 1. The number of hydrogen-bond donors (Lipinski definition) is 2. The molecule has 4 amide bonds. The van der Waals surface area contributed by atoms with Crippen LogP contribution >= 0.6 is 11.3 Å². The molecular formula is C31H38N4O6S. The number of ether oxygens (including phenoxy) is 1. The molecule has 3 unspecified atom stereocenters. The number of hydrogen-bond acceptors (Lipinski definition) is 7. The number of carbonyl (C=O) groups is 5. The van der Waals surface area contributed by atoms with Crippen molar-refractivity contribution in [1.82, 2.24) is 20.4 Å². The molecule has 2 saturated heterocycles. The Bertz CT molecular complexity index is 1350. The van der Waals surface area contributed by atoms with Crippen LogP contribution in [0.5, 0.6) is 5.06 Å². The van der Waals surface area contributed by atoms with Gasteiger partial charge < -0.3 is 25.2 Å². The van der Waals surface area contributed by atoms with E-state index < -0.39 is 29.8 Å². The summed E-state index contributed by atoms with van der Waals surface area (Å²) in [5, 5.41) is 6.01. The predicted molar refractivity (Wildman–Crippen MR) is 158 cm³/mol. The van der Waals surface area contributed by atoms with Crippen molar-refractivity contribution in [2.24, 2.45) is 5.92 Å². The minimum absolute atomic E-state index is 0.0845. The number of benzene rings is 1. The molecule has 1 aliphatic carbocycles. The second-order valence-corrected chi connectivity index (χ2v) is 12.9. The van der Waals surface area contributed by atoms with Gasteiger partial charge in [-0.15, -0.1) is 0 Å². The topological polar surface area (TPSA) is 125 Å². The smallest absolute Gasteiger partial charge is 0.399 e. The van der Waals surface area contributed by atoms with Gasteiger partial charge in [-0.3, -0.25) is 19.2 Å². The summed E-state index contributed by atoms with van der Waals surface area (Å²) < 4.78 is 5.54. The number of amides is 4. The summed E-state index contributed by atoms with van der Waals surface area (Å²) in [6, 6.07) is 11.3. The Morgan fingerprint density at radius 3 is 2.43 bits per heavy atom. The van der Waals surface area contributed by atoms with E-state index in [0.29, 0.717) is 37.3 Å². The zero-order valence-corrected chi connectivity index (χ0v) is 25.1. The number of carbonyl (C=O) groups excluding carboxylic acids is 5. The highest BCUT2D eigenvalue weighted by atomic mass is 32.1. The number of Topliss-reactive ketones (excluding diaryl/α,β-unsaturated/α-hetero) is 1. The molecule has 0 bridgehead atoms. The van der Waals surface area contributed by atoms with Crippen LogP contribution < -0.4 is 15.4 Å². The molecule has 0 radical (unpaired) electrons. The van der Waals surface area contributed by atoms with E-state index >= 15 is 0 Å². The Hall–Kier alpha value is -3.73. The monoisotopic (exact) mass is 594 g/mol. The van der Waals surface area contributed by atoms with Gasteiger partial charge in [0.2, 0.25) is 17.7 Å². The van der Waals surface area contributed by atoms with E-state index in [1.807, 2.05) is 50.2 Å². The normalized spacial score (nSPS) is 21.8. The molecular weight excluding hydrogens is 556 g/mol. The first-order chi connectivity index (χ1) is 20.1. The van der Waals surface area contributed by atoms with E-state index in [1.165, 1.54) is 23.2 Å². The van der Waals surface area contributed by atoms with Gasteiger partial charge >= 0.3 is 6.09 Å². The van der Waals surface area contributed by atoms with Gasteiger partial charge in [-0.05, 0) is 49.3 Å². The molecule has 224 valence electrons. The Morgan fingerprint density at radius 1 is 1.05 bits per heavy atom. The lowest BCUT2D eigenvalue weighted by atomic mass is 9.94. The first-order valence-electron chi connectivity index (χ1n) is 14.6. The summed E-state index contributed by atoms with van der Waals surface area (Å²) in [5.41, 5.74) is 0.0189. The van der Waals surface area contributed by atoms with Crippen molar-refractivity contribution in [3.63, 3.8) is 0 Å². The van der Waals surface area contributed by atoms with Gasteiger partial charge in [0, 0.05) is 18.3 Å². The molecule has 3 fully saturated rings. The molecule has 0 spiro atoms. The Balaban J connectivity index is 1.27. The lowest BCUT2D eigenvalue weighted by Gasteiger charge is -2.35. The highest BCUT2D eigenvalue weighted by Gasteiger charge is 2.56. The van der Waals surface area contributed by atoms with Crippen molar-refractivity contribution >= 4 is 40.9 Å². The molecule has 42 heavy (non-hydrogen) atoms. The Kier molecular flexibility index (Phi) is 8.68. The molecule has 11 heteroatoms. The molecule has 2 N–H and O–H groups in total. The lowest BCUT2D eigenvalue weighted by molar-refractivity contribution is -0.142. The quantitative estimate of drug-likeness (QED) is 0.480. The number of ketones is 1. The number of fused-ring (bicyclic) bond motifs is 1. The highest BCUT2D eigenvalue weighted by Crippen LogP contribution is 2.37. The standard InChI is InChI=1S/C31H38N4O6S/c1-19(2)17-22(32-30(40)41-26-12-11-25(42-26)21-9-5-4-6-10-21)28(38)34-16-13-23-27(34)24(37)18-35(23)29(39)31(33-20(3)36)14-7-8-15-31/h4-6,9-12,19,22-23,27H,7-8,13-18H2,1-3H3,(H,32,40)(H,33,36). The molecule has 3 aliphatic rings. The van der Waals surface area contributed by atoms with Gasteiger partial charge in [-0.1, -0.05) is 68.4 Å². The fourth-order valence-electron chi connectivity index (χ4n) is 6.61. The number of nitrogens with zero attached hydrogens (tertiary/aromatic N) is 2. The average molecular weight is 595 g/mol. The van der Waals surface area contributed by atoms with E-state index in [0.717, 1.165) is 23.3 Å². The summed E-state index contributed by atoms with van der Waals surface area (Å²) in [4.78, 5) is 69.8. The molecule has 1 aromatic carbocycles. The first kappa shape index (κ1) is 29.8. The van der Waals surface area contributed by atoms with Crippen molar-refractivity contribution in [3.8, 4) is 15.5 Å². The van der Waals surface area contributed by atoms with Crippen LogP contribution in [0.3, 0.4) is 0 Å². The average Bonchev–Trinajstić information content (AvgIpc) is 3.74. The van der Waals surface area contributed by atoms with E-state index in [2.05, 4.69) is 10.6 Å². The Morgan fingerprint density at radius 2 is 1.76 bits per heavy atom. The van der Waals surface area contributed by atoms with Gasteiger partial charge in [-0.25, -0.2) is 4.79 Å². The summed E-state index contributed by atoms with van der Waals surface area (Å²) in [6.07, 6.45) is 2.81. The second-order valence-electron chi connectivity index (χ2n) is 11.9. The van der Waals surface area contributed by atoms with Gasteiger partial charge in [0.1, 0.15) is 17.6 Å². The van der Waals surface area contributed by atoms with Gasteiger partial charge in [0.05, 0.1) is 12.6 Å². The van der Waals surface area contributed by atoms with E-state index in [4.69, 9.17) is 4.74 Å². The summed E-state index contributed by atoms with van der Waals surface area (Å²) >= 11 is 1.33. The summed E-state index contributed by atoms with van der Waals surface area (Å²) in [6.45, 7) is 5.51. The van der Waals surface area contributed by atoms with Gasteiger partial charge in [0.15, 0.2) is 10.8 Å². The fourth-order valence-corrected chi connectivity index (χ4v) is 7.47. The van der Waals surface area contributed by atoms with Crippen LogP contribution in [-0.4, -0.2) is 76.2 Å². The highest BCUT2D eigenvalue weighted by molar-refractivity contribution is 7.17. The number of rotatable bonds is 8. The van der Waals surface area contributed by atoms with Crippen molar-refractivity contribution in [3.05, 3.63) is 42.5 Å². The van der Waals surface area contributed by atoms with E-state index in [1.54, 1.807) is 11.0 Å². The summed E-state index contributed by atoms with van der Waals surface area (Å²) in [5.74, 6) is -0.987. The van der Waals surface area contributed by atoms with Crippen LogP contribution in [0, 0.1) is 5.92 Å². The molecule has 3 atom stereocenters. The van der Waals surface area contributed by atoms with Crippen LogP contribution in [0.4, 0.5) is 4.79 Å². The zero-order chi connectivity index (χ0) is 30.0. The molecule has 2 aliphatic heterocycles. The maximum atomic E-state index is 13.8. The maximum Gasteiger partial charge on any atom is 0.414 e. The fraction of sp³-hybridized carbons (Fsp3) is 0.516. The molecule has 2 aromatic rings. The third-order valence-electron chi connectivity index (χ3n) is 8.38. The molecule has 5 rings (SSSR count). The largest absolute Gasteiger partial charge is 0.414 e. The van der Waals surface area contributed by atoms with Crippen LogP contribution in [0.2, 0.25) is 0 Å². The zero-order valence-electron chi connectivity index (χ0n) is 24.3. The summed E-state index contributed by atoms with van der Waals surface area (Å²) in [7, 11) is 0. The second kappa shape index (κ2) is 12.2. The Labute approximate surface area is 249 Å². The maximum absolute atomic E-state index is 13.8. The molecule has 1 saturated carbocycles. The SMILES string of the molecule is CC(=O)NC1(C(=O)N2CC(=O)C3C2CCN3C(=O)C(CC(C)C)NC(=O)Oc2ccc(-c3ccccc3)s2)CCCC1. The molecule has 3 heterocycles. The minimum atomic E-state index is -0.994. The van der Waals surface area contributed by atoms with Crippen molar-refractivity contribution in [2.75, 3.05) is 13.1 Å².